The number of hydrogen-bond donors (Lipinski definition) is 1. The number of likely N-dealkylation sites (tertiary alicyclic amines) is 1. The molecule has 0 bridgehead atoms. The normalized spacial score (nSPS) is 37.9. The van der Waals surface area contributed by atoms with E-state index in [1.54, 1.807) is 0 Å². The van der Waals surface area contributed by atoms with Crippen molar-refractivity contribution in [1.82, 2.24) is 10.2 Å². The van der Waals surface area contributed by atoms with Crippen LogP contribution in [-0.2, 0) is 0 Å². The molecule has 2 fully saturated rings. The van der Waals surface area contributed by atoms with Gasteiger partial charge in [-0.15, -0.1) is 0 Å². The minimum Gasteiger partial charge on any atom is -0.314 e. The van der Waals surface area contributed by atoms with Gasteiger partial charge in [-0.3, -0.25) is 4.90 Å². The van der Waals surface area contributed by atoms with E-state index < -0.39 is 0 Å². The van der Waals surface area contributed by atoms with Gasteiger partial charge >= 0.3 is 0 Å². The van der Waals surface area contributed by atoms with Gasteiger partial charge in [0.15, 0.2) is 0 Å². The maximum absolute atomic E-state index is 3.54. The van der Waals surface area contributed by atoms with Gasteiger partial charge in [0.2, 0.25) is 0 Å². The average Bonchev–Trinajstić information content (AvgIpc) is 2.62. The quantitative estimate of drug-likeness (QED) is 0.725. The van der Waals surface area contributed by atoms with Crippen molar-refractivity contribution in [2.45, 2.75) is 51.6 Å². The first-order valence-corrected chi connectivity index (χ1v) is 6.08. The second-order valence-corrected chi connectivity index (χ2v) is 5.65. The third-order valence-electron chi connectivity index (χ3n) is 4.22. The second-order valence-electron chi connectivity index (χ2n) is 5.65. The largest absolute Gasteiger partial charge is 0.314 e. The molecule has 0 aliphatic carbocycles. The predicted octanol–water partition coefficient (Wildman–Crippen LogP) is 1.86. The van der Waals surface area contributed by atoms with E-state index in [2.05, 4.69) is 31.0 Å². The fourth-order valence-corrected chi connectivity index (χ4v) is 2.95. The van der Waals surface area contributed by atoms with Crippen molar-refractivity contribution in [3.05, 3.63) is 0 Å². The molecule has 2 aliphatic heterocycles. The molecular formula is C12H24N2. The topological polar surface area (TPSA) is 15.3 Å². The molecule has 0 spiro atoms. The van der Waals surface area contributed by atoms with Crippen LogP contribution in [0.4, 0.5) is 0 Å². The number of hydrogen-bond acceptors (Lipinski definition) is 2. The van der Waals surface area contributed by atoms with Gasteiger partial charge in [0.05, 0.1) is 0 Å². The molecule has 0 aromatic rings. The molecule has 2 nitrogen and oxygen atoms in total. The average molecular weight is 196 g/mol. The lowest BCUT2D eigenvalue weighted by Gasteiger charge is -2.34. The highest BCUT2D eigenvalue weighted by Crippen LogP contribution is 2.30. The standard InChI is InChI=1S/C12H24N2/c1-10-11(5-7-13-10)9-14-8-4-6-12(14,2)3/h10-11,13H,4-9H2,1-3H3. The van der Waals surface area contributed by atoms with E-state index in [0.717, 1.165) is 12.0 Å². The van der Waals surface area contributed by atoms with Gasteiger partial charge in [0.25, 0.3) is 0 Å². The van der Waals surface area contributed by atoms with Gasteiger partial charge in [-0.25, -0.2) is 0 Å². The van der Waals surface area contributed by atoms with E-state index in [1.807, 2.05) is 0 Å². The number of rotatable bonds is 2. The highest BCUT2D eigenvalue weighted by atomic mass is 15.2. The molecular weight excluding hydrogens is 172 g/mol. The molecule has 0 amide bonds. The molecule has 2 rings (SSSR count). The van der Waals surface area contributed by atoms with Crippen LogP contribution in [0, 0.1) is 5.92 Å². The van der Waals surface area contributed by atoms with E-state index in [4.69, 9.17) is 0 Å². The Morgan fingerprint density at radius 3 is 2.71 bits per heavy atom. The highest BCUT2D eigenvalue weighted by molar-refractivity contribution is 4.91. The molecule has 0 radical (unpaired) electrons. The summed E-state index contributed by atoms with van der Waals surface area (Å²) in [6.07, 6.45) is 4.14. The molecule has 82 valence electrons. The molecule has 2 saturated heterocycles. The maximum atomic E-state index is 3.54. The molecule has 2 atom stereocenters. The van der Waals surface area contributed by atoms with E-state index >= 15 is 0 Å². The smallest absolute Gasteiger partial charge is 0.0153 e. The van der Waals surface area contributed by atoms with E-state index in [1.165, 1.54) is 38.9 Å². The molecule has 14 heavy (non-hydrogen) atoms. The summed E-state index contributed by atoms with van der Waals surface area (Å²) < 4.78 is 0. The lowest BCUT2D eigenvalue weighted by Crippen LogP contribution is -2.43. The third-order valence-corrected chi connectivity index (χ3v) is 4.22. The van der Waals surface area contributed by atoms with Crippen LogP contribution in [0.2, 0.25) is 0 Å². The first-order chi connectivity index (χ1) is 6.59. The minimum atomic E-state index is 0.461. The van der Waals surface area contributed by atoms with Gasteiger partial charge in [0.1, 0.15) is 0 Å². The van der Waals surface area contributed by atoms with Gasteiger partial charge < -0.3 is 5.32 Å². The first-order valence-electron chi connectivity index (χ1n) is 6.08. The second kappa shape index (κ2) is 3.82. The van der Waals surface area contributed by atoms with Crippen molar-refractivity contribution in [2.24, 2.45) is 5.92 Å². The summed E-state index contributed by atoms with van der Waals surface area (Å²) in [6, 6.07) is 0.728. The van der Waals surface area contributed by atoms with Crippen molar-refractivity contribution in [3.8, 4) is 0 Å². The van der Waals surface area contributed by atoms with Crippen LogP contribution < -0.4 is 5.32 Å². The van der Waals surface area contributed by atoms with Crippen LogP contribution in [0.5, 0.6) is 0 Å². The van der Waals surface area contributed by atoms with Gasteiger partial charge in [-0.05, 0) is 59.0 Å². The molecule has 2 heteroatoms. The number of nitrogens with one attached hydrogen (secondary N) is 1. The molecule has 2 aliphatic rings. The summed E-state index contributed by atoms with van der Waals surface area (Å²) in [7, 11) is 0. The molecule has 2 heterocycles. The van der Waals surface area contributed by atoms with Crippen molar-refractivity contribution in [1.29, 1.82) is 0 Å². The molecule has 0 aromatic carbocycles. The summed E-state index contributed by atoms with van der Waals surface area (Å²) in [4.78, 5) is 2.70. The predicted molar refractivity (Wildman–Crippen MR) is 60.5 cm³/mol. The van der Waals surface area contributed by atoms with E-state index in [0.29, 0.717) is 5.54 Å². The van der Waals surface area contributed by atoms with Crippen LogP contribution in [0.1, 0.15) is 40.0 Å². The molecule has 2 unspecified atom stereocenters. The van der Waals surface area contributed by atoms with E-state index in [9.17, 15) is 0 Å². The highest BCUT2D eigenvalue weighted by Gasteiger charge is 2.35. The van der Waals surface area contributed by atoms with Crippen molar-refractivity contribution < 1.29 is 0 Å². The fraction of sp³-hybridized carbons (Fsp3) is 1.00. The monoisotopic (exact) mass is 196 g/mol. The summed E-state index contributed by atoms with van der Waals surface area (Å²) in [5.41, 5.74) is 0.461. The third kappa shape index (κ3) is 1.96. The zero-order valence-electron chi connectivity index (χ0n) is 9.84. The van der Waals surface area contributed by atoms with Gasteiger partial charge in [-0.2, -0.15) is 0 Å². The lowest BCUT2D eigenvalue weighted by molar-refractivity contribution is 0.144. The Bertz CT molecular complexity index is 200. The van der Waals surface area contributed by atoms with Crippen molar-refractivity contribution in [2.75, 3.05) is 19.6 Å². The Morgan fingerprint density at radius 1 is 1.43 bits per heavy atom. The first kappa shape index (κ1) is 10.4. The van der Waals surface area contributed by atoms with Crippen LogP contribution in [-0.4, -0.2) is 36.1 Å². The summed E-state index contributed by atoms with van der Waals surface area (Å²) in [6.45, 7) is 11.0. The molecule has 0 saturated carbocycles. The lowest BCUT2D eigenvalue weighted by atomic mass is 9.97. The SMILES string of the molecule is CC1NCCC1CN1CCCC1(C)C. The molecule has 0 aromatic heterocycles. The van der Waals surface area contributed by atoms with Crippen LogP contribution >= 0.6 is 0 Å². The van der Waals surface area contributed by atoms with Crippen molar-refractivity contribution >= 4 is 0 Å². The minimum absolute atomic E-state index is 0.461. The zero-order chi connectivity index (χ0) is 10.2. The Labute approximate surface area is 88.1 Å². The fourth-order valence-electron chi connectivity index (χ4n) is 2.95. The van der Waals surface area contributed by atoms with Crippen LogP contribution in [0.25, 0.3) is 0 Å². The van der Waals surface area contributed by atoms with Gasteiger partial charge in [-0.1, -0.05) is 0 Å². The Morgan fingerprint density at radius 2 is 2.21 bits per heavy atom. The number of nitrogens with zero attached hydrogens (tertiary/aromatic N) is 1. The molecule has 1 N–H and O–H groups in total. The maximum Gasteiger partial charge on any atom is 0.0153 e. The Balaban J connectivity index is 1.90. The summed E-state index contributed by atoms with van der Waals surface area (Å²) in [5.74, 6) is 0.882. The Hall–Kier alpha value is -0.0800. The van der Waals surface area contributed by atoms with Gasteiger partial charge in [0, 0.05) is 18.1 Å². The van der Waals surface area contributed by atoms with E-state index in [-0.39, 0.29) is 0 Å². The summed E-state index contributed by atoms with van der Waals surface area (Å²) >= 11 is 0. The van der Waals surface area contributed by atoms with Crippen LogP contribution in [0.3, 0.4) is 0 Å². The summed E-state index contributed by atoms with van der Waals surface area (Å²) in [5, 5.41) is 3.54. The van der Waals surface area contributed by atoms with Crippen LogP contribution in [0.15, 0.2) is 0 Å². The zero-order valence-corrected chi connectivity index (χ0v) is 9.84. The Kier molecular flexibility index (Phi) is 2.85. The van der Waals surface area contributed by atoms with Crippen molar-refractivity contribution in [3.63, 3.8) is 0 Å².